The first-order valence-corrected chi connectivity index (χ1v) is 6.26. The van der Waals surface area contributed by atoms with E-state index in [1.165, 1.54) is 0 Å². The number of rotatable bonds is 7. The summed E-state index contributed by atoms with van der Waals surface area (Å²) in [6.07, 6.45) is 2.76. The molecule has 100 valence electrons. The molecule has 5 nitrogen and oxygen atoms in total. The standard InChI is InChI=1S/C13H21N3O2/c1-3-8-15-13(17)10(2)18-12-5-4-11(6-7-14)16-9-12/h4-5,9-10H,3,6-8,14H2,1-2H3,(H,15,17). The lowest BCUT2D eigenvalue weighted by Gasteiger charge is -2.14. The number of pyridine rings is 1. The topological polar surface area (TPSA) is 77.2 Å². The first-order chi connectivity index (χ1) is 8.67. The van der Waals surface area contributed by atoms with Gasteiger partial charge in [0.25, 0.3) is 5.91 Å². The number of amides is 1. The summed E-state index contributed by atoms with van der Waals surface area (Å²) in [7, 11) is 0. The molecule has 0 radical (unpaired) electrons. The van der Waals surface area contributed by atoms with Gasteiger partial charge in [0, 0.05) is 18.7 Å². The minimum Gasteiger partial charge on any atom is -0.479 e. The Labute approximate surface area is 108 Å². The van der Waals surface area contributed by atoms with E-state index in [0.29, 0.717) is 18.8 Å². The van der Waals surface area contributed by atoms with Crippen LogP contribution in [0.4, 0.5) is 0 Å². The van der Waals surface area contributed by atoms with Crippen molar-refractivity contribution in [2.45, 2.75) is 32.8 Å². The lowest BCUT2D eigenvalue weighted by Crippen LogP contribution is -2.36. The summed E-state index contributed by atoms with van der Waals surface area (Å²) >= 11 is 0. The summed E-state index contributed by atoms with van der Waals surface area (Å²) in [4.78, 5) is 15.8. The van der Waals surface area contributed by atoms with Crippen LogP contribution < -0.4 is 15.8 Å². The molecule has 5 heteroatoms. The normalized spacial score (nSPS) is 11.9. The molecule has 1 aromatic heterocycles. The SMILES string of the molecule is CCCNC(=O)C(C)Oc1ccc(CCN)nc1. The maximum absolute atomic E-state index is 11.6. The van der Waals surface area contributed by atoms with Gasteiger partial charge < -0.3 is 15.8 Å². The number of nitrogens with two attached hydrogens (primary N) is 1. The molecule has 0 saturated heterocycles. The van der Waals surface area contributed by atoms with Gasteiger partial charge in [0.05, 0.1) is 6.20 Å². The zero-order valence-corrected chi connectivity index (χ0v) is 11.0. The van der Waals surface area contributed by atoms with Gasteiger partial charge in [0.1, 0.15) is 5.75 Å². The number of carbonyl (C=O) groups is 1. The first kappa shape index (κ1) is 14.4. The summed E-state index contributed by atoms with van der Waals surface area (Å²) < 4.78 is 5.50. The zero-order chi connectivity index (χ0) is 13.4. The number of hydrogen-bond donors (Lipinski definition) is 2. The van der Waals surface area contributed by atoms with Crippen LogP contribution in [-0.4, -0.2) is 30.1 Å². The zero-order valence-electron chi connectivity index (χ0n) is 11.0. The van der Waals surface area contributed by atoms with Crippen molar-refractivity contribution in [1.82, 2.24) is 10.3 Å². The summed E-state index contributed by atoms with van der Waals surface area (Å²) in [5, 5.41) is 2.78. The Bertz CT molecular complexity index is 365. The van der Waals surface area contributed by atoms with Crippen molar-refractivity contribution in [2.24, 2.45) is 5.73 Å². The Kier molecular flexibility index (Phi) is 6.14. The molecule has 0 aromatic carbocycles. The average molecular weight is 251 g/mol. The van der Waals surface area contributed by atoms with E-state index in [1.54, 1.807) is 13.1 Å². The Morgan fingerprint density at radius 2 is 2.33 bits per heavy atom. The predicted octanol–water partition coefficient (Wildman–Crippen LogP) is 0.876. The van der Waals surface area contributed by atoms with Crippen molar-refractivity contribution in [3.8, 4) is 5.75 Å². The first-order valence-electron chi connectivity index (χ1n) is 6.26. The van der Waals surface area contributed by atoms with Crippen molar-refractivity contribution in [1.29, 1.82) is 0 Å². The number of ether oxygens (including phenoxy) is 1. The predicted molar refractivity (Wildman–Crippen MR) is 70.4 cm³/mol. The smallest absolute Gasteiger partial charge is 0.260 e. The van der Waals surface area contributed by atoms with E-state index in [0.717, 1.165) is 18.5 Å². The Morgan fingerprint density at radius 3 is 2.89 bits per heavy atom. The molecule has 0 aliphatic rings. The summed E-state index contributed by atoms with van der Waals surface area (Å²) in [5.41, 5.74) is 6.37. The molecule has 1 amide bonds. The molecule has 18 heavy (non-hydrogen) atoms. The molecule has 0 aliphatic carbocycles. The van der Waals surface area contributed by atoms with Crippen LogP contribution >= 0.6 is 0 Å². The highest BCUT2D eigenvalue weighted by Gasteiger charge is 2.13. The lowest BCUT2D eigenvalue weighted by atomic mass is 10.2. The molecule has 0 saturated carbocycles. The monoisotopic (exact) mass is 251 g/mol. The molecule has 0 fully saturated rings. The van der Waals surface area contributed by atoms with Crippen molar-refractivity contribution >= 4 is 5.91 Å². The molecular formula is C13H21N3O2. The second kappa shape index (κ2) is 7.66. The van der Waals surface area contributed by atoms with Gasteiger partial charge in [0.15, 0.2) is 6.10 Å². The van der Waals surface area contributed by atoms with E-state index in [9.17, 15) is 4.79 Å². The van der Waals surface area contributed by atoms with Crippen LogP contribution in [0.15, 0.2) is 18.3 Å². The highest BCUT2D eigenvalue weighted by atomic mass is 16.5. The van der Waals surface area contributed by atoms with Crippen molar-refractivity contribution in [3.05, 3.63) is 24.0 Å². The second-order valence-corrected chi connectivity index (χ2v) is 4.08. The minimum atomic E-state index is -0.515. The average Bonchev–Trinajstić information content (AvgIpc) is 2.38. The maximum atomic E-state index is 11.6. The van der Waals surface area contributed by atoms with Gasteiger partial charge in [-0.15, -0.1) is 0 Å². The van der Waals surface area contributed by atoms with Gasteiger partial charge in [-0.2, -0.15) is 0 Å². The van der Waals surface area contributed by atoms with Gasteiger partial charge in [-0.3, -0.25) is 9.78 Å². The van der Waals surface area contributed by atoms with Crippen LogP contribution in [0.25, 0.3) is 0 Å². The third kappa shape index (κ3) is 4.71. The van der Waals surface area contributed by atoms with Crippen LogP contribution in [0.2, 0.25) is 0 Å². The molecule has 0 spiro atoms. The minimum absolute atomic E-state index is 0.108. The molecule has 1 unspecified atom stereocenters. The van der Waals surface area contributed by atoms with E-state index in [-0.39, 0.29) is 5.91 Å². The number of aromatic nitrogens is 1. The molecular weight excluding hydrogens is 230 g/mol. The highest BCUT2D eigenvalue weighted by molar-refractivity contribution is 5.80. The Hall–Kier alpha value is -1.62. The summed E-state index contributed by atoms with van der Waals surface area (Å²) in [5.74, 6) is 0.484. The molecule has 1 aromatic rings. The fourth-order valence-electron chi connectivity index (χ4n) is 1.43. The number of nitrogens with zero attached hydrogens (tertiary/aromatic N) is 1. The quantitative estimate of drug-likeness (QED) is 0.754. The van der Waals surface area contributed by atoms with Crippen LogP contribution in [0.3, 0.4) is 0 Å². The Morgan fingerprint density at radius 1 is 1.56 bits per heavy atom. The lowest BCUT2D eigenvalue weighted by molar-refractivity contribution is -0.127. The number of hydrogen-bond acceptors (Lipinski definition) is 4. The van der Waals surface area contributed by atoms with Gasteiger partial charge >= 0.3 is 0 Å². The van der Waals surface area contributed by atoms with Gasteiger partial charge in [-0.25, -0.2) is 0 Å². The Balaban J connectivity index is 2.48. The second-order valence-electron chi connectivity index (χ2n) is 4.08. The maximum Gasteiger partial charge on any atom is 0.260 e. The largest absolute Gasteiger partial charge is 0.479 e. The van der Waals surface area contributed by atoms with Crippen molar-refractivity contribution in [3.63, 3.8) is 0 Å². The van der Waals surface area contributed by atoms with Crippen LogP contribution in [0.5, 0.6) is 5.75 Å². The van der Waals surface area contributed by atoms with Crippen molar-refractivity contribution in [2.75, 3.05) is 13.1 Å². The van der Waals surface area contributed by atoms with Crippen LogP contribution in [0, 0.1) is 0 Å². The third-order valence-electron chi connectivity index (χ3n) is 2.43. The number of carbonyl (C=O) groups excluding carboxylic acids is 1. The van der Waals surface area contributed by atoms with E-state index < -0.39 is 6.10 Å². The fourth-order valence-corrected chi connectivity index (χ4v) is 1.43. The van der Waals surface area contributed by atoms with E-state index in [1.807, 2.05) is 19.1 Å². The highest BCUT2D eigenvalue weighted by Crippen LogP contribution is 2.11. The van der Waals surface area contributed by atoms with Gasteiger partial charge in [-0.05, 0) is 32.0 Å². The van der Waals surface area contributed by atoms with E-state index in [4.69, 9.17) is 10.5 Å². The van der Waals surface area contributed by atoms with E-state index in [2.05, 4.69) is 10.3 Å². The molecule has 1 atom stereocenters. The molecule has 1 rings (SSSR count). The van der Waals surface area contributed by atoms with Gasteiger partial charge in [0.2, 0.25) is 0 Å². The van der Waals surface area contributed by atoms with Gasteiger partial charge in [-0.1, -0.05) is 6.92 Å². The molecule has 0 aliphatic heterocycles. The summed E-state index contributed by atoms with van der Waals surface area (Å²) in [6.45, 7) is 4.97. The number of nitrogens with one attached hydrogen (secondary N) is 1. The molecule has 3 N–H and O–H groups in total. The van der Waals surface area contributed by atoms with E-state index >= 15 is 0 Å². The molecule has 1 heterocycles. The van der Waals surface area contributed by atoms with Crippen LogP contribution in [-0.2, 0) is 11.2 Å². The molecule has 0 bridgehead atoms. The van der Waals surface area contributed by atoms with Crippen LogP contribution in [0.1, 0.15) is 26.0 Å². The third-order valence-corrected chi connectivity index (χ3v) is 2.43. The fraction of sp³-hybridized carbons (Fsp3) is 0.538. The van der Waals surface area contributed by atoms with Crippen molar-refractivity contribution < 1.29 is 9.53 Å². The summed E-state index contributed by atoms with van der Waals surface area (Å²) in [6, 6.07) is 3.67.